The molecule has 5 aromatic carbocycles. The highest BCUT2D eigenvalue weighted by Crippen LogP contribution is 2.38. The molecule has 6 rings (SSSR count). The Morgan fingerprint density at radius 3 is 1.57 bits per heavy atom. The van der Waals surface area contributed by atoms with Crippen molar-refractivity contribution in [1.29, 1.82) is 0 Å². The zero-order valence-electron chi connectivity index (χ0n) is 26.0. The van der Waals surface area contributed by atoms with E-state index in [-0.39, 0.29) is 6.61 Å². The molecule has 1 fully saturated rings. The van der Waals surface area contributed by atoms with Crippen LogP contribution < -0.4 is 0 Å². The average Bonchev–Trinajstić information content (AvgIpc) is 3.13. The molecule has 7 heteroatoms. The van der Waals surface area contributed by atoms with Gasteiger partial charge in [0.25, 0.3) is 0 Å². The fourth-order valence-electron chi connectivity index (χ4n) is 5.42. The molecule has 47 heavy (non-hydrogen) atoms. The summed E-state index contributed by atoms with van der Waals surface area (Å²) in [6.45, 7) is 1.30. The Labute approximate surface area is 280 Å². The summed E-state index contributed by atoms with van der Waals surface area (Å²) in [5.41, 5.74) is 2.92. The first-order chi connectivity index (χ1) is 23.2. The van der Waals surface area contributed by atoms with Crippen molar-refractivity contribution in [3.8, 4) is 0 Å². The van der Waals surface area contributed by atoms with Crippen LogP contribution in [0.3, 0.4) is 0 Å². The van der Waals surface area contributed by atoms with Gasteiger partial charge in [0.2, 0.25) is 0 Å². The predicted octanol–water partition coefficient (Wildman–Crippen LogP) is 8.12. The van der Waals surface area contributed by atoms with Crippen LogP contribution in [0.5, 0.6) is 0 Å². The molecule has 1 saturated heterocycles. The summed E-state index contributed by atoms with van der Waals surface area (Å²) < 4.78 is 32.8. The van der Waals surface area contributed by atoms with Gasteiger partial charge in [-0.3, -0.25) is 0 Å². The monoisotopic (exact) mass is 646 g/mol. The lowest BCUT2D eigenvalue weighted by Crippen LogP contribution is -2.60. The average molecular weight is 647 g/mol. The van der Waals surface area contributed by atoms with Gasteiger partial charge in [0.05, 0.1) is 32.0 Å². The molecule has 5 unspecified atom stereocenters. The largest absolute Gasteiger partial charge is 0.452 e. The number of ether oxygens (including phenoxy) is 5. The topological polar surface area (TPSA) is 63.2 Å². The molecule has 5 atom stereocenters. The van der Waals surface area contributed by atoms with Crippen molar-refractivity contribution >= 4 is 17.7 Å². The number of carbonyl (C=O) groups excluding carboxylic acids is 1. The Morgan fingerprint density at radius 1 is 0.553 bits per heavy atom. The minimum absolute atomic E-state index is 0.255. The van der Waals surface area contributed by atoms with E-state index in [0.29, 0.717) is 25.4 Å². The fourth-order valence-corrected chi connectivity index (χ4v) is 6.55. The van der Waals surface area contributed by atoms with Crippen molar-refractivity contribution in [1.82, 2.24) is 0 Å². The first kappa shape index (κ1) is 32.7. The number of thioether (sulfide) groups is 1. The second kappa shape index (κ2) is 17.1. The van der Waals surface area contributed by atoms with Crippen LogP contribution in [0.25, 0.3) is 0 Å². The van der Waals surface area contributed by atoms with Gasteiger partial charge in [-0.15, -0.1) is 0 Å². The quantitative estimate of drug-likeness (QED) is 0.113. The van der Waals surface area contributed by atoms with Gasteiger partial charge in [-0.2, -0.15) is 0 Å². The van der Waals surface area contributed by atoms with Crippen molar-refractivity contribution in [2.75, 3.05) is 6.61 Å². The van der Waals surface area contributed by atoms with E-state index in [1.165, 1.54) is 11.8 Å². The van der Waals surface area contributed by atoms with E-state index in [4.69, 9.17) is 23.7 Å². The van der Waals surface area contributed by atoms with Crippen LogP contribution in [-0.4, -0.2) is 42.4 Å². The van der Waals surface area contributed by atoms with Crippen molar-refractivity contribution in [2.45, 2.75) is 54.6 Å². The van der Waals surface area contributed by atoms with Gasteiger partial charge in [0.1, 0.15) is 23.7 Å². The second-order valence-electron chi connectivity index (χ2n) is 11.2. The van der Waals surface area contributed by atoms with Gasteiger partial charge in [0.15, 0.2) is 6.10 Å². The molecule has 1 aliphatic rings. The van der Waals surface area contributed by atoms with Crippen molar-refractivity contribution in [2.24, 2.45) is 0 Å². The van der Waals surface area contributed by atoms with E-state index < -0.39 is 35.8 Å². The maximum absolute atomic E-state index is 13.6. The minimum Gasteiger partial charge on any atom is -0.452 e. The van der Waals surface area contributed by atoms with Crippen LogP contribution in [0.15, 0.2) is 157 Å². The minimum atomic E-state index is -0.803. The molecular weight excluding hydrogens is 609 g/mol. The van der Waals surface area contributed by atoms with Crippen LogP contribution in [0.2, 0.25) is 0 Å². The summed E-state index contributed by atoms with van der Waals surface area (Å²) in [6.07, 6.45) is -2.61. The predicted molar refractivity (Wildman–Crippen MR) is 183 cm³/mol. The second-order valence-corrected chi connectivity index (χ2v) is 12.4. The Morgan fingerprint density at radius 2 is 1.02 bits per heavy atom. The molecule has 0 amide bonds. The zero-order chi connectivity index (χ0) is 32.1. The molecule has 0 bridgehead atoms. The molecule has 1 aliphatic heterocycles. The van der Waals surface area contributed by atoms with Crippen molar-refractivity contribution in [3.05, 3.63) is 174 Å². The first-order valence-corrected chi connectivity index (χ1v) is 16.7. The summed E-state index contributed by atoms with van der Waals surface area (Å²) in [5, 5.41) is 0. The highest BCUT2D eigenvalue weighted by Gasteiger charge is 2.50. The Balaban J connectivity index is 1.33. The van der Waals surface area contributed by atoms with Crippen LogP contribution >= 0.6 is 11.8 Å². The molecule has 0 saturated carbocycles. The molecule has 0 aromatic heterocycles. The number of hydrogen-bond acceptors (Lipinski definition) is 7. The van der Waals surface area contributed by atoms with Gasteiger partial charge in [-0.25, -0.2) is 4.79 Å². The number of esters is 1. The molecule has 0 spiro atoms. The lowest BCUT2D eigenvalue weighted by molar-refractivity contribution is -0.242. The summed E-state index contributed by atoms with van der Waals surface area (Å²) in [7, 11) is 0. The van der Waals surface area contributed by atoms with Gasteiger partial charge in [0, 0.05) is 4.90 Å². The molecule has 0 aliphatic carbocycles. The number of rotatable bonds is 14. The molecular formula is C40H38O6S. The van der Waals surface area contributed by atoms with E-state index in [1.54, 1.807) is 12.1 Å². The lowest BCUT2D eigenvalue weighted by atomic mass is 9.98. The summed E-state index contributed by atoms with van der Waals surface area (Å²) >= 11 is 1.49. The van der Waals surface area contributed by atoms with Crippen molar-refractivity contribution < 1.29 is 28.5 Å². The van der Waals surface area contributed by atoms with Crippen molar-refractivity contribution in [3.63, 3.8) is 0 Å². The smallest absolute Gasteiger partial charge is 0.338 e. The summed E-state index contributed by atoms with van der Waals surface area (Å²) in [4.78, 5) is 14.6. The highest BCUT2D eigenvalue weighted by molar-refractivity contribution is 7.99. The van der Waals surface area contributed by atoms with E-state index in [9.17, 15) is 4.79 Å². The van der Waals surface area contributed by atoms with Crippen LogP contribution in [0, 0.1) is 0 Å². The van der Waals surface area contributed by atoms with Gasteiger partial charge < -0.3 is 23.7 Å². The van der Waals surface area contributed by atoms with Crippen LogP contribution in [0.1, 0.15) is 27.0 Å². The first-order valence-electron chi connectivity index (χ1n) is 15.8. The Bertz CT molecular complexity index is 1620. The van der Waals surface area contributed by atoms with E-state index in [0.717, 1.165) is 21.6 Å². The Kier molecular flexibility index (Phi) is 11.9. The molecule has 5 aromatic rings. The summed E-state index contributed by atoms with van der Waals surface area (Å²) in [6, 6.07) is 48.9. The van der Waals surface area contributed by atoms with E-state index in [1.807, 2.05) is 140 Å². The van der Waals surface area contributed by atoms with E-state index >= 15 is 0 Å². The van der Waals surface area contributed by atoms with E-state index in [2.05, 4.69) is 0 Å². The maximum atomic E-state index is 13.6. The van der Waals surface area contributed by atoms with Crippen LogP contribution in [-0.2, 0) is 43.5 Å². The summed E-state index contributed by atoms with van der Waals surface area (Å²) in [5.74, 6) is -0.452. The van der Waals surface area contributed by atoms with Gasteiger partial charge in [-0.1, -0.05) is 139 Å². The third-order valence-electron chi connectivity index (χ3n) is 7.80. The van der Waals surface area contributed by atoms with Gasteiger partial charge >= 0.3 is 5.97 Å². The number of benzene rings is 5. The van der Waals surface area contributed by atoms with Crippen LogP contribution in [0.4, 0.5) is 0 Å². The number of hydrogen-bond donors (Lipinski definition) is 0. The molecule has 0 radical (unpaired) electrons. The fraction of sp³-hybridized carbons (Fsp3) is 0.225. The third-order valence-corrected chi connectivity index (χ3v) is 8.96. The standard InChI is InChI=1S/C40H38O6S/c41-39(33-22-12-4-13-23-33)46-38-37(44-28-32-20-10-3-11-21-32)36(43-27-31-18-8-2-9-19-31)35(29-42-26-30-16-6-1-7-17-30)45-40(38)47-34-24-14-5-15-25-34/h1-25,35-38,40H,26-29H2. The number of carbonyl (C=O) groups is 1. The molecule has 1 heterocycles. The maximum Gasteiger partial charge on any atom is 0.338 e. The Hall–Kier alpha value is -4.24. The lowest BCUT2D eigenvalue weighted by Gasteiger charge is -2.45. The normalized spacial score (nSPS) is 20.8. The molecule has 240 valence electrons. The molecule has 6 nitrogen and oxygen atoms in total. The zero-order valence-corrected chi connectivity index (χ0v) is 26.8. The molecule has 0 N–H and O–H groups in total. The SMILES string of the molecule is O=C(OC1C(Sc2ccccc2)OC(COCc2ccccc2)C(OCc2ccccc2)C1OCc1ccccc1)c1ccccc1. The highest BCUT2D eigenvalue weighted by atomic mass is 32.2. The third kappa shape index (κ3) is 9.41. The van der Waals surface area contributed by atoms with Gasteiger partial charge in [-0.05, 0) is 41.0 Å².